The summed E-state index contributed by atoms with van der Waals surface area (Å²) in [6.45, 7) is 0. The van der Waals surface area contributed by atoms with E-state index in [-0.39, 0.29) is 23.3 Å². The third kappa shape index (κ3) is 3.82. The van der Waals surface area contributed by atoms with Crippen LogP contribution in [0.2, 0.25) is 0 Å². The highest BCUT2D eigenvalue weighted by Crippen LogP contribution is 2.45. The summed E-state index contributed by atoms with van der Waals surface area (Å²) in [4.78, 5) is 37.7. The largest absolute Gasteiger partial charge is 0.481 e. The molecule has 1 fully saturated rings. The van der Waals surface area contributed by atoms with Crippen LogP contribution in [-0.4, -0.2) is 22.9 Å². The van der Waals surface area contributed by atoms with Gasteiger partial charge in [-0.1, -0.05) is 42.5 Å². The van der Waals surface area contributed by atoms with Gasteiger partial charge in [0.1, 0.15) is 5.00 Å². The van der Waals surface area contributed by atoms with Gasteiger partial charge >= 0.3 is 5.97 Å². The topological polar surface area (TPSA) is 109 Å². The first-order chi connectivity index (χ1) is 13.9. The lowest BCUT2D eigenvalue weighted by Crippen LogP contribution is -2.47. The predicted octanol–water partition coefficient (Wildman–Crippen LogP) is 3.29. The van der Waals surface area contributed by atoms with Crippen LogP contribution in [0.1, 0.15) is 33.6 Å². The van der Waals surface area contributed by atoms with E-state index in [0.29, 0.717) is 11.4 Å². The molecule has 1 aromatic heterocycles. The van der Waals surface area contributed by atoms with Crippen molar-refractivity contribution >= 4 is 34.1 Å². The molecule has 4 atom stereocenters. The Hall–Kier alpha value is -2.93. The lowest BCUT2D eigenvalue weighted by Gasteiger charge is -2.41. The molecule has 0 aliphatic heterocycles. The number of anilines is 1. The van der Waals surface area contributed by atoms with Crippen molar-refractivity contribution in [3.63, 3.8) is 0 Å². The van der Waals surface area contributed by atoms with Crippen LogP contribution in [0, 0.1) is 23.7 Å². The lowest BCUT2D eigenvalue weighted by molar-refractivity contribution is -0.151. The van der Waals surface area contributed by atoms with Gasteiger partial charge < -0.3 is 16.2 Å². The van der Waals surface area contributed by atoms with E-state index in [1.807, 2.05) is 42.5 Å². The Balaban J connectivity index is 1.58. The zero-order valence-electron chi connectivity index (χ0n) is 15.7. The van der Waals surface area contributed by atoms with Crippen LogP contribution in [0.3, 0.4) is 0 Å². The van der Waals surface area contributed by atoms with Gasteiger partial charge in [-0.2, -0.15) is 0 Å². The molecule has 0 spiro atoms. The SMILES string of the molecule is NC(=O)c1cc(Cc2ccccc2)sc1NC(=O)C1C2C=CC(CC2)C1C(=O)O. The summed E-state index contributed by atoms with van der Waals surface area (Å²) >= 11 is 1.31. The molecule has 1 heterocycles. The Morgan fingerprint density at radius 1 is 1.07 bits per heavy atom. The second-order valence-electron chi connectivity index (χ2n) is 7.65. The Bertz CT molecular complexity index is 982. The van der Waals surface area contributed by atoms with Crippen LogP contribution in [0.4, 0.5) is 5.00 Å². The van der Waals surface area contributed by atoms with E-state index in [0.717, 1.165) is 23.3 Å². The van der Waals surface area contributed by atoms with Gasteiger partial charge in [0.05, 0.1) is 17.4 Å². The molecular formula is C22H22N2O4S. The number of amides is 2. The minimum absolute atomic E-state index is 0.0955. The Morgan fingerprint density at radius 2 is 1.72 bits per heavy atom. The minimum atomic E-state index is -0.949. The number of primary amides is 1. The Kier molecular flexibility index (Phi) is 5.24. The van der Waals surface area contributed by atoms with E-state index < -0.39 is 23.7 Å². The highest BCUT2D eigenvalue weighted by Gasteiger charge is 2.48. The number of fused-ring (bicyclic) bond motifs is 2. The van der Waals surface area contributed by atoms with E-state index >= 15 is 0 Å². The fourth-order valence-corrected chi connectivity index (χ4v) is 5.58. The summed E-state index contributed by atoms with van der Waals surface area (Å²) < 4.78 is 0. The van der Waals surface area contributed by atoms with Crippen molar-refractivity contribution in [3.05, 3.63) is 64.6 Å². The first-order valence-electron chi connectivity index (χ1n) is 9.62. The number of carbonyl (C=O) groups excluding carboxylic acids is 2. The van der Waals surface area contributed by atoms with Crippen LogP contribution >= 0.6 is 11.3 Å². The van der Waals surface area contributed by atoms with Crippen molar-refractivity contribution in [1.82, 2.24) is 0 Å². The third-order valence-corrected chi connectivity index (χ3v) is 6.89. The van der Waals surface area contributed by atoms with Gasteiger partial charge in [0.25, 0.3) is 5.91 Å². The van der Waals surface area contributed by atoms with E-state index in [1.54, 1.807) is 6.07 Å². The first kappa shape index (κ1) is 19.4. The van der Waals surface area contributed by atoms with Crippen LogP contribution < -0.4 is 11.1 Å². The molecule has 1 saturated carbocycles. The van der Waals surface area contributed by atoms with E-state index in [1.165, 1.54) is 11.3 Å². The molecule has 3 aliphatic carbocycles. The van der Waals surface area contributed by atoms with E-state index in [2.05, 4.69) is 5.32 Å². The standard InChI is InChI=1S/C22H22N2O4S/c23-19(25)16-11-15(10-12-4-2-1-3-5-12)29-21(16)24-20(26)17-13-6-8-14(9-7-13)18(17)22(27)28/h1-6,8,11,13-14,17-18H,7,9-10H2,(H2,23,25)(H,24,26)(H,27,28). The molecular weight excluding hydrogens is 388 g/mol. The summed E-state index contributed by atoms with van der Waals surface area (Å²) in [6, 6.07) is 11.5. The van der Waals surface area contributed by atoms with Crippen molar-refractivity contribution < 1.29 is 19.5 Å². The monoisotopic (exact) mass is 410 g/mol. The van der Waals surface area contributed by atoms with E-state index in [4.69, 9.17) is 5.73 Å². The molecule has 3 aliphatic rings. The molecule has 2 amide bonds. The smallest absolute Gasteiger partial charge is 0.307 e. The Morgan fingerprint density at radius 3 is 2.31 bits per heavy atom. The van der Waals surface area contributed by atoms with Gasteiger partial charge in [0, 0.05) is 11.3 Å². The Labute approximate surface area is 172 Å². The molecule has 0 radical (unpaired) electrons. The zero-order chi connectivity index (χ0) is 20.5. The number of thiophene rings is 1. The van der Waals surface area contributed by atoms with Crippen LogP contribution in [-0.2, 0) is 16.0 Å². The average Bonchev–Trinajstić information content (AvgIpc) is 3.11. The average molecular weight is 410 g/mol. The van der Waals surface area contributed by atoms with Crippen molar-refractivity contribution in [2.75, 3.05) is 5.32 Å². The fourth-order valence-electron chi connectivity index (χ4n) is 4.49. The van der Waals surface area contributed by atoms with Gasteiger partial charge in [-0.25, -0.2) is 0 Å². The summed E-state index contributed by atoms with van der Waals surface area (Å²) in [5.41, 5.74) is 6.87. The number of carboxylic acids is 1. The molecule has 6 nitrogen and oxygen atoms in total. The molecule has 29 heavy (non-hydrogen) atoms. The fraction of sp³-hybridized carbons (Fsp3) is 0.318. The molecule has 4 unspecified atom stereocenters. The molecule has 2 aromatic rings. The molecule has 1 aromatic carbocycles. The number of carbonyl (C=O) groups is 3. The summed E-state index contributed by atoms with van der Waals surface area (Å²) in [6.07, 6.45) is 6.09. The highest BCUT2D eigenvalue weighted by molar-refractivity contribution is 7.16. The summed E-state index contributed by atoms with van der Waals surface area (Å²) in [5.74, 6) is -3.52. The van der Waals surface area contributed by atoms with Crippen molar-refractivity contribution in [2.24, 2.45) is 29.4 Å². The number of nitrogens with two attached hydrogens (primary N) is 1. The van der Waals surface area contributed by atoms with Gasteiger partial charge in [-0.05, 0) is 36.3 Å². The number of benzene rings is 1. The molecule has 150 valence electrons. The number of rotatable bonds is 6. The molecule has 2 bridgehead atoms. The van der Waals surface area contributed by atoms with Gasteiger partial charge in [-0.3, -0.25) is 14.4 Å². The second kappa shape index (κ2) is 7.83. The molecule has 4 N–H and O–H groups in total. The van der Waals surface area contributed by atoms with Crippen molar-refractivity contribution in [2.45, 2.75) is 19.3 Å². The number of hydrogen-bond donors (Lipinski definition) is 3. The number of aliphatic carboxylic acids is 1. The van der Waals surface area contributed by atoms with Gasteiger partial charge in [0.15, 0.2) is 0 Å². The molecule has 5 rings (SSSR count). The maximum absolute atomic E-state index is 13.1. The maximum atomic E-state index is 13.1. The van der Waals surface area contributed by atoms with Crippen LogP contribution in [0.25, 0.3) is 0 Å². The van der Waals surface area contributed by atoms with Crippen molar-refractivity contribution in [1.29, 1.82) is 0 Å². The predicted molar refractivity (Wildman–Crippen MR) is 111 cm³/mol. The van der Waals surface area contributed by atoms with E-state index in [9.17, 15) is 19.5 Å². The first-order valence-corrected chi connectivity index (χ1v) is 10.4. The third-order valence-electron chi connectivity index (χ3n) is 5.84. The molecule has 0 saturated heterocycles. The number of allylic oxidation sites excluding steroid dienone is 2. The van der Waals surface area contributed by atoms with Gasteiger partial charge in [0.2, 0.25) is 5.91 Å². The quantitative estimate of drug-likeness (QED) is 0.635. The summed E-state index contributed by atoms with van der Waals surface area (Å²) in [7, 11) is 0. The normalized spacial score (nSPS) is 25.0. The molecule has 7 heteroatoms. The number of hydrogen-bond acceptors (Lipinski definition) is 4. The van der Waals surface area contributed by atoms with Crippen LogP contribution in [0.5, 0.6) is 0 Å². The second-order valence-corrected chi connectivity index (χ2v) is 8.79. The van der Waals surface area contributed by atoms with Crippen LogP contribution in [0.15, 0.2) is 48.6 Å². The van der Waals surface area contributed by atoms with Gasteiger partial charge in [-0.15, -0.1) is 11.3 Å². The maximum Gasteiger partial charge on any atom is 0.307 e. The number of carboxylic acid groups (broad SMARTS) is 1. The lowest BCUT2D eigenvalue weighted by atomic mass is 9.62. The van der Waals surface area contributed by atoms with Crippen molar-refractivity contribution in [3.8, 4) is 0 Å². The number of nitrogens with one attached hydrogen (secondary N) is 1. The minimum Gasteiger partial charge on any atom is -0.481 e. The highest BCUT2D eigenvalue weighted by atomic mass is 32.1. The zero-order valence-corrected chi connectivity index (χ0v) is 16.5. The summed E-state index contributed by atoms with van der Waals surface area (Å²) in [5, 5.41) is 12.9.